The van der Waals surface area contributed by atoms with E-state index in [1.165, 1.54) is 26.4 Å². The fraction of sp³-hybridized carbons (Fsp3) is 0.286. The first-order valence-corrected chi connectivity index (χ1v) is 6.12. The van der Waals surface area contributed by atoms with Gasteiger partial charge < -0.3 is 13.9 Å². The topological polar surface area (TPSA) is 31.6 Å². The molecule has 0 aliphatic carbocycles. The van der Waals surface area contributed by atoms with Crippen molar-refractivity contribution in [3.05, 3.63) is 47.2 Å². The highest BCUT2D eigenvalue weighted by Crippen LogP contribution is 2.37. The Morgan fingerprint density at radius 3 is 2.32 bits per heavy atom. The van der Waals surface area contributed by atoms with E-state index in [9.17, 15) is 4.39 Å². The first-order valence-electron chi connectivity index (χ1n) is 5.68. The van der Waals surface area contributed by atoms with Crippen LogP contribution in [0.5, 0.6) is 11.5 Å². The Labute approximate surface area is 115 Å². The van der Waals surface area contributed by atoms with Gasteiger partial charge in [-0.25, -0.2) is 4.39 Å². The minimum Gasteiger partial charge on any atom is -0.493 e. The van der Waals surface area contributed by atoms with Crippen molar-refractivity contribution in [3.63, 3.8) is 0 Å². The summed E-state index contributed by atoms with van der Waals surface area (Å²) in [6.45, 7) is 1.80. The highest BCUT2D eigenvalue weighted by molar-refractivity contribution is 6.22. The molecule has 102 valence electrons. The average molecular weight is 285 g/mol. The smallest absolute Gasteiger partial charge is 0.163 e. The molecule has 0 amide bonds. The van der Waals surface area contributed by atoms with Gasteiger partial charge in [-0.05, 0) is 25.1 Å². The molecule has 0 spiro atoms. The lowest BCUT2D eigenvalue weighted by atomic mass is 10.1. The van der Waals surface area contributed by atoms with E-state index in [0.29, 0.717) is 17.3 Å². The molecule has 1 unspecified atom stereocenters. The van der Waals surface area contributed by atoms with E-state index in [2.05, 4.69) is 0 Å². The fourth-order valence-electron chi connectivity index (χ4n) is 1.81. The number of methoxy groups -OCH3 is 2. The Bertz CT molecular complexity index is 580. The van der Waals surface area contributed by atoms with Crippen LogP contribution in [0.2, 0.25) is 0 Å². The van der Waals surface area contributed by atoms with E-state index in [0.717, 1.165) is 5.76 Å². The summed E-state index contributed by atoms with van der Waals surface area (Å²) in [6.07, 6.45) is 0. The maximum absolute atomic E-state index is 14.0. The van der Waals surface area contributed by atoms with E-state index in [1.54, 1.807) is 19.1 Å². The first kappa shape index (κ1) is 13.7. The summed E-state index contributed by atoms with van der Waals surface area (Å²) in [5.74, 6) is 1.49. The van der Waals surface area contributed by atoms with Crippen LogP contribution in [-0.2, 0) is 0 Å². The number of ether oxygens (including phenoxy) is 2. The number of alkyl halides is 1. The minimum atomic E-state index is -0.714. The molecule has 0 aliphatic rings. The van der Waals surface area contributed by atoms with Crippen molar-refractivity contribution in [2.75, 3.05) is 14.2 Å². The molecule has 0 fully saturated rings. The predicted molar refractivity (Wildman–Crippen MR) is 70.6 cm³/mol. The molecule has 0 bridgehead atoms. The maximum atomic E-state index is 14.0. The van der Waals surface area contributed by atoms with Crippen molar-refractivity contribution < 1.29 is 18.3 Å². The molecule has 1 aromatic heterocycles. The molecule has 19 heavy (non-hydrogen) atoms. The molecule has 0 saturated carbocycles. The van der Waals surface area contributed by atoms with Crippen molar-refractivity contribution in [2.24, 2.45) is 0 Å². The van der Waals surface area contributed by atoms with Gasteiger partial charge in [0, 0.05) is 11.6 Å². The predicted octanol–water partition coefficient (Wildman–Crippen LogP) is 4.07. The van der Waals surface area contributed by atoms with E-state index in [-0.39, 0.29) is 5.56 Å². The number of benzene rings is 1. The van der Waals surface area contributed by atoms with Gasteiger partial charge in [-0.1, -0.05) is 0 Å². The monoisotopic (exact) mass is 284 g/mol. The van der Waals surface area contributed by atoms with Gasteiger partial charge in [0.05, 0.1) is 14.2 Å². The van der Waals surface area contributed by atoms with Crippen molar-refractivity contribution in [1.29, 1.82) is 0 Å². The van der Waals surface area contributed by atoms with Gasteiger partial charge >= 0.3 is 0 Å². The maximum Gasteiger partial charge on any atom is 0.163 e. The Morgan fingerprint density at radius 1 is 1.16 bits per heavy atom. The molecule has 0 aliphatic heterocycles. The van der Waals surface area contributed by atoms with Crippen molar-refractivity contribution >= 4 is 11.6 Å². The number of hydrogen-bond acceptors (Lipinski definition) is 3. The third kappa shape index (κ3) is 2.68. The second-order valence-corrected chi connectivity index (χ2v) is 4.48. The summed E-state index contributed by atoms with van der Waals surface area (Å²) in [4.78, 5) is 0. The summed E-state index contributed by atoms with van der Waals surface area (Å²) in [6, 6.07) is 6.27. The number of halogens is 2. The lowest BCUT2D eigenvalue weighted by Gasteiger charge is -2.13. The Morgan fingerprint density at radius 2 is 1.79 bits per heavy atom. The Balaban J connectivity index is 2.44. The van der Waals surface area contributed by atoms with Gasteiger partial charge in [0.25, 0.3) is 0 Å². The molecule has 5 heteroatoms. The number of aryl methyl sites for hydroxylation is 1. The minimum absolute atomic E-state index is 0.286. The normalized spacial score (nSPS) is 12.3. The van der Waals surface area contributed by atoms with Gasteiger partial charge in [-0.3, -0.25) is 0 Å². The SMILES string of the molecule is COc1cc(F)c(C(Cl)c2ccc(C)o2)cc1OC. The summed E-state index contributed by atoms with van der Waals surface area (Å²) in [5.41, 5.74) is 0.286. The molecule has 1 aromatic carbocycles. The number of furan rings is 1. The van der Waals surface area contributed by atoms with E-state index in [1.807, 2.05) is 0 Å². The molecule has 2 aromatic rings. The average Bonchev–Trinajstić information content (AvgIpc) is 2.84. The molecule has 1 atom stereocenters. The third-order valence-electron chi connectivity index (χ3n) is 2.79. The van der Waals surface area contributed by atoms with Crippen LogP contribution in [-0.4, -0.2) is 14.2 Å². The molecule has 2 rings (SSSR count). The van der Waals surface area contributed by atoms with Gasteiger partial charge in [0.1, 0.15) is 22.7 Å². The summed E-state index contributed by atoms with van der Waals surface area (Å²) in [7, 11) is 2.94. The van der Waals surface area contributed by atoms with Crippen LogP contribution in [0.25, 0.3) is 0 Å². The lowest BCUT2D eigenvalue weighted by Crippen LogP contribution is -1.99. The molecular weight excluding hydrogens is 271 g/mol. The van der Waals surface area contributed by atoms with Gasteiger partial charge in [0.15, 0.2) is 11.5 Å². The zero-order valence-corrected chi connectivity index (χ0v) is 11.6. The largest absolute Gasteiger partial charge is 0.493 e. The van der Waals surface area contributed by atoms with Crippen LogP contribution >= 0.6 is 11.6 Å². The zero-order valence-electron chi connectivity index (χ0n) is 10.9. The second-order valence-electron chi connectivity index (χ2n) is 4.04. The summed E-state index contributed by atoms with van der Waals surface area (Å²) >= 11 is 6.24. The van der Waals surface area contributed by atoms with E-state index >= 15 is 0 Å². The van der Waals surface area contributed by atoms with Gasteiger partial charge in [0.2, 0.25) is 0 Å². The van der Waals surface area contributed by atoms with Crippen molar-refractivity contribution in [1.82, 2.24) is 0 Å². The standard InChI is InChI=1S/C14H14ClFO3/c1-8-4-5-11(19-8)14(15)9-6-12(17-2)13(18-3)7-10(9)16/h4-7,14H,1-3H3. The highest BCUT2D eigenvalue weighted by atomic mass is 35.5. The Hall–Kier alpha value is -1.68. The van der Waals surface area contributed by atoms with Crippen LogP contribution in [0.1, 0.15) is 22.5 Å². The fourth-order valence-corrected chi connectivity index (χ4v) is 2.09. The molecular formula is C14H14ClFO3. The lowest BCUT2D eigenvalue weighted by molar-refractivity contribution is 0.351. The van der Waals surface area contributed by atoms with Crippen molar-refractivity contribution in [2.45, 2.75) is 12.3 Å². The zero-order chi connectivity index (χ0) is 14.0. The summed E-state index contributed by atoms with van der Waals surface area (Å²) in [5, 5.41) is -0.714. The van der Waals surface area contributed by atoms with E-state index < -0.39 is 11.2 Å². The quantitative estimate of drug-likeness (QED) is 0.793. The molecule has 0 saturated heterocycles. The van der Waals surface area contributed by atoms with Crippen LogP contribution in [0, 0.1) is 12.7 Å². The van der Waals surface area contributed by atoms with Crippen LogP contribution in [0.3, 0.4) is 0 Å². The van der Waals surface area contributed by atoms with Crippen LogP contribution < -0.4 is 9.47 Å². The molecule has 0 radical (unpaired) electrons. The van der Waals surface area contributed by atoms with Gasteiger partial charge in [-0.15, -0.1) is 11.6 Å². The van der Waals surface area contributed by atoms with Gasteiger partial charge in [-0.2, -0.15) is 0 Å². The Kier molecular flexibility index (Phi) is 4.00. The van der Waals surface area contributed by atoms with Crippen LogP contribution in [0.15, 0.2) is 28.7 Å². The second kappa shape index (κ2) is 5.53. The third-order valence-corrected chi connectivity index (χ3v) is 3.24. The van der Waals surface area contributed by atoms with Crippen molar-refractivity contribution in [3.8, 4) is 11.5 Å². The first-order chi connectivity index (χ1) is 9.06. The molecule has 1 heterocycles. The number of hydrogen-bond donors (Lipinski definition) is 0. The molecule has 3 nitrogen and oxygen atoms in total. The van der Waals surface area contributed by atoms with E-state index in [4.69, 9.17) is 25.5 Å². The highest BCUT2D eigenvalue weighted by Gasteiger charge is 2.21. The summed E-state index contributed by atoms with van der Waals surface area (Å²) < 4.78 is 29.6. The number of rotatable bonds is 4. The van der Waals surface area contributed by atoms with Crippen LogP contribution in [0.4, 0.5) is 4.39 Å². The molecule has 0 N–H and O–H groups in total.